The number of rotatable bonds is 4. The summed E-state index contributed by atoms with van der Waals surface area (Å²) >= 11 is 5.66. The number of anilines is 3. The monoisotopic (exact) mass is 967 g/mol. The Bertz CT molecular complexity index is 3970. The van der Waals surface area contributed by atoms with E-state index in [0.717, 1.165) is 17.1 Å². The lowest BCUT2D eigenvalue weighted by atomic mass is 9.67. The molecule has 1 nitrogen and oxygen atoms in total. The Labute approximate surface area is 431 Å². The number of thiophene rings is 1. The van der Waals surface area contributed by atoms with Crippen LogP contribution in [0.3, 0.4) is 0 Å². The first-order valence-electron chi connectivity index (χ1n) is 24.7. The minimum atomic E-state index is -0.511. The van der Waals surface area contributed by atoms with Gasteiger partial charge in [-0.2, -0.15) is 0 Å². The van der Waals surface area contributed by atoms with E-state index in [1.165, 1.54) is 118 Å². The van der Waals surface area contributed by atoms with E-state index in [2.05, 4.69) is 254 Å². The van der Waals surface area contributed by atoms with Gasteiger partial charge in [-0.05, 0) is 133 Å². The Balaban J connectivity index is 0.984. The molecule has 0 saturated carbocycles. The van der Waals surface area contributed by atoms with Crippen LogP contribution in [0.15, 0.2) is 268 Å². The van der Waals surface area contributed by atoms with Crippen LogP contribution in [0.25, 0.3) is 53.6 Å². The lowest BCUT2D eigenvalue weighted by molar-refractivity contribution is 0.722. The van der Waals surface area contributed by atoms with Crippen molar-refractivity contribution in [1.29, 1.82) is 0 Å². The van der Waals surface area contributed by atoms with E-state index < -0.39 is 10.8 Å². The van der Waals surface area contributed by atoms with Crippen molar-refractivity contribution in [2.24, 2.45) is 0 Å². The van der Waals surface area contributed by atoms with Crippen LogP contribution in [-0.4, -0.2) is 0 Å². The molecule has 2 aliphatic heterocycles. The summed E-state index contributed by atoms with van der Waals surface area (Å²) in [7, 11) is 0. The van der Waals surface area contributed by atoms with Crippen molar-refractivity contribution in [2.75, 3.05) is 4.90 Å². The maximum absolute atomic E-state index is 2.60. The average Bonchev–Trinajstić information content (AvgIpc) is 4.07. The summed E-state index contributed by atoms with van der Waals surface area (Å²) in [4.78, 5) is 7.82. The van der Waals surface area contributed by atoms with Gasteiger partial charge in [0.25, 0.3) is 0 Å². The highest BCUT2D eigenvalue weighted by Crippen LogP contribution is 2.67. The molecule has 11 aromatic carbocycles. The van der Waals surface area contributed by atoms with E-state index in [4.69, 9.17) is 0 Å². The second-order valence-electron chi connectivity index (χ2n) is 19.4. The molecule has 0 saturated heterocycles. The molecule has 12 aromatic rings. The normalized spacial score (nSPS) is 14.5. The average molecular weight is 968 g/mol. The second kappa shape index (κ2) is 15.3. The van der Waals surface area contributed by atoms with Crippen molar-refractivity contribution in [3.63, 3.8) is 0 Å². The van der Waals surface area contributed by atoms with Crippen LogP contribution in [0.5, 0.6) is 0 Å². The molecular weight excluding hydrogens is 927 g/mol. The van der Waals surface area contributed by atoms with Gasteiger partial charge < -0.3 is 4.90 Å². The first kappa shape index (κ1) is 40.8. The Kier molecular flexibility index (Phi) is 8.69. The van der Waals surface area contributed by atoms with Crippen LogP contribution in [0.1, 0.15) is 44.5 Å². The molecule has 0 unspecified atom stereocenters. The molecule has 16 rings (SSSR count). The van der Waals surface area contributed by atoms with E-state index in [1.54, 1.807) is 0 Å². The zero-order chi connectivity index (χ0) is 47.1. The lowest BCUT2D eigenvalue weighted by Crippen LogP contribution is -2.32. The van der Waals surface area contributed by atoms with Crippen molar-refractivity contribution < 1.29 is 0 Å². The summed E-state index contributed by atoms with van der Waals surface area (Å²) in [6.07, 6.45) is 0. The summed E-state index contributed by atoms with van der Waals surface area (Å²) in [5.74, 6) is 0. The fourth-order valence-corrected chi connectivity index (χ4v) is 16.7. The summed E-state index contributed by atoms with van der Waals surface area (Å²) in [6, 6.07) is 94.3. The number of nitrogens with zero attached hydrogens (tertiary/aromatic N) is 1. The molecule has 0 amide bonds. The number of fused-ring (bicyclic) bond motifs is 21. The molecule has 0 N–H and O–H groups in total. The van der Waals surface area contributed by atoms with Crippen molar-refractivity contribution >= 4 is 72.1 Å². The largest absolute Gasteiger partial charge is 0.309 e. The van der Waals surface area contributed by atoms with Gasteiger partial charge in [0.15, 0.2) is 0 Å². The number of hydrogen-bond acceptors (Lipinski definition) is 4. The highest BCUT2D eigenvalue weighted by atomic mass is 32.2. The first-order valence-corrected chi connectivity index (χ1v) is 27.2. The minimum Gasteiger partial charge on any atom is -0.309 e. The van der Waals surface area contributed by atoms with Gasteiger partial charge in [-0.1, -0.05) is 206 Å². The van der Waals surface area contributed by atoms with Crippen molar-refractivity contribution in [3.8, 4) is 33.4 Å². The van der Waals surface area contributed by atoms with E-state index in [-0.39, 0.29) is 0 Å². The van der Waals surface area contributed by atoms with Crippen LogP contribution in [-0.2, 0) is 10.8 Å². The summed E-state index contributed by atoms with van der Waals surface area (Å²) in [6.45, 7) is 0. The predicted octanol–water partition coefficient (Wildman–Crippen LogP) is 18.8. The van der Waals surface area contributed by atoms with Gasteiger partial charge in [-0.15, -0.1) is 11.3 Å². The Morgan fingerprint density at radius 1 is 0.292 bits per heavy atom. The second-order valence-corrected chi connectivity index (χ2v) is 22.6. The zero-order valence-electron chi connectivity index (χ0n) is 38.8. The van der Waals surface area contributed by atoms with Gasteiger partial charge >= 0.3 is 0 Å². The fourth-order valence-electron chi connectivity index (χ4n) is 13.3. The predicted molar refractivity (Wildman–Crippen MR) is 302 cm³/mol. The molecule has 4 aliphatic rings. The van der Waals surface area contributed by atoms with Crippen molar-refractivity contribution in [2.45, 2.75) is 30.4 Å². The van der Waals surface area contributed by atoms with Gasteiger partial charge in [0.2, 0.25) is 0 Å². The molecule has 4 heteroatoms. The third kappa shape index (κ3) is 5.36. The number of hydrogen-bond donors (Lipinski definition) is 0. The van der Waals surface area contributed by atoms with Crippen LogP contribution < -0.4 is 4.90 Å². The van der Waals surface area contributed by atoms with Gasteiger partial charge in [-0.25, -0.2) is 0 Å². The minimum absolute atomic E-state index is 0.511. The van der Waals surface area contributed by atoms with Crippen LogP contribution >= 0.6 is 34.9 Å². The molecule has 336 valence electrons. The molecule has 2 spiro atoms. The third-order valence-electron chi connectivity index (χ3n) is 16.0. The highest BCUT2D eigenvalue weighted by Gasteiger charge is 2.53. The van der Waals surface area contributed by atoms with Crippen molar-refractivity contribution in [3.05, 3.63) is 293 Å². The van der Waals surface area contributed by atoms with Crippen LogP contribution in [0, 0.1) is 0 Å². The maximum Gasteiger partial charge on any atom is 0.0736 e. The summed E-state index contributed by atoms with van der Waals surface area (Å²) < 4.78 is 2.64. The van der Waals surface area contributed by atoms with Crippen LogP contribution in [0.4, 0.5) is 17.1 Å². The molecule has 3 heterocycles. The zero-order valence-corrected chi connectivity index (χ0v) is 41.3. The Hall–Kier alpha value is -7.86. The Morgan fingerprint density at radius 3 is 1.21 bits per heavy atom. The van der Waals surface area contributed by atoms with E-state index in [0.29, 0.717) is 0 Å². The first-order chi connectivity index (χ1) is 35.7. The SMILES string of the molecule is c1ccc2c(c1)Sc1ccccc1C21c2ccccc2-c2c(N(c3ccc(-c4ccc5sc6ccccc6c5c4)cc3)c3cccc4c3-c3ccccc3C43c4ccccc4Sc4ccccc43)cccc21. The lowest BCUT2D eigenvalue weighted by Gasteiger charge is -2.40. The highest BCUT2D eigenvalue weighted by molar-refractivity contribution is 7.99. The van der Waals surface area contributed by atoms with Crippen molar-refractivity contribution in [1.82, 2.24) is 0 Å². The molecular formula is C68H41NS3. The van der Waals surface area contributed by atoms with E-state index >= 15 is 0 Å². The standard InChI is InChI=1S/C68H41NS3/c1-4-20-49-46(18-1)65-55(67(49)51-22-6-11-31-61(51)71-62-32-12-7-23-52(62)67)26-15-28-57(65)69(44-38-35-42(36-39-44)43-37-40-60-48(41-43)45-17-3-10-30-59(45)70-60)58-29-16-27-56-66(58)47-19-2-5-21-50(47)68(56)53-24-8-13-33-63(53)72-64-34-14-9-25-54(64)68/h1-41H. The van der Waals surface area contributed by atoms with Gasteiger partial charge in [0, 0.05) is 56.6 Å². The quantitative estimate of drug-likeness (QED) is 0.173. The van der Waals surface area contributed by atoms with Gasteiger partial charge in [-0.3, -0.25) is 0 Å². The fraction of sp³-hybridized carbons (Fsp3) is 0.0294. The molecule has 0 radical (unpaired) electrons. The third-order valence-corrected chi connectivity index (χ3v) is 19.5. The topological polar surface area (TPSA) is 3.24 Å². The Morgan fingerprint density at radius 2 is 0.694 bits per heavy atom. The number of benzene rings is 11. The molecule has 0 bridgehead atoms. The van der Waals surface area contributed by atoms with E-state index in [9.17, 15) is 0 Å². The van der Waals surface area contributed by atoms with Gasteiger partial charge in [0.05, 0.1) is 22.2 Å². The molecule has 72 heavy (non-hydrogen) atoms. The maximum atomic E-state index is 2.60. The molecule has 0 fully saturated rings. The van der Waals surface area contributed by atoms with E-state index in [1.807, 2.05) is 34.9 Å². The summed E-state index contributed by atoms with van der Waals surface area (Å²) in [5, 5.41) is 2.63. The molecule has 2 aliphatic carbocycles. The van der Waals surface area contributed by atoms with Crippen LogP contribution in [0.2, 0.25) is 0 Å². The molecule has 0 atom stereocenters. The van der Waals surface area contributed by atoms with Gasteiger partial charge in [0.1, 0.15) is 0 Å². The molecule has 1 aromatic heterocycles. The summed E-state index contributed by atoms with van der Waals surface area (Å²) in [5.41, 5.74) is 20.6. The smallest absolute Gasteiger partial charge is 0.0736 e.